The molecule has 140 valence electrons. The highest BCUT2D eigenvalue weighted by molar-refractivity contribution is 6.43. The van der Waals surface area contributed by atoms with Crippen LogP contribution in [0.3, 0.4) is 0 Å². The lowest BCUT2D eigenvalue weighted by atomic mass is 9.82. The molecule has 1 unspecified atom stereocenters. The molecule has 1 aromatic heterocycles. The maximum Gasteiger partial charge on any atom is 0.263 e. The Morgan fingerprint density at radius 2 is 2.00 bits per heavy atom. The van der Waals surface area contributed by atoms with E-state index in [1.54, 1.807) is 18.2 Å². The first kappa shape index (κ1) is 19.2. The molecule has 1 atom stereocenters. The molecule has 0 radical (unpaired) electrons. The van der Waals surface area contributed by atoms with Crippen molar-refractivity contribution < 1.29 is 0 Å². The molecule has 2 heterocycles. The predicted molar refractivity (Wildman–Crippen MR) is 108 cm³/mol. The van der Waals surface area contributed by atoms with Gasteiger partial charge in [-0.2, -0.15) is 0 Å². The number of hydrogen-bond donors (Lipinski definition) is 1. The zero-order valence-electron chi connectivity index (χ0n) is 15.5. The summed E-state index contributed by atoms with van der Waals surface area (Å²) in [5.41, 5.74) is 7.03. The average molecular weight is 395 g/mol. The van der Waals surface area contributed by atoms with Crippen LogP contribution in [-0.2, 0) is 0 Å². The van der Waals surface area contributed by atoms with Crippen LogP contribution < -0.4 is 16.2 Å². The number of hydrogen-bond acceptors (Lipinski definition) is 4. The van der Waals surface area contributed by atoms with Gasteiger partial charge in [-0.25, -0.2) is 4.98 Å². The topological polar surface area (TPSA) is 64.2 Å². The fourth-order valence-corrected chi connectivity index (χ4v) is 4.09. The van der Waals surface area contributed by atoms with Gasteiger partial charge in [-0.3, -0.25) is 9.36 Å². The van der Waals surface area contributed by atoms with Gasteiger partial charge in [0.2, 0.25) is 0 Å². The molecule has 1 aliphatic rings. The van der Waals surface area contributed by atoms with E-state index in [1.807, 2.05) is 13.8 Å². The van der Waals surface area contributed by atoms with E-state index in [2.05, 4.69) is 18.7 Å². The minimum atomic E-state index is -0.134. The molecule has 0 amide bonds. The molecule has 2 N–H and O–H groups in total. The number of anilines is 1. The second-order valence-corrected chi connectivity index (χ2v) is 8.41. The Hall–Kier alpha value is -1.56. The van der Waals surface area contributed by atoms with Crippen molar-refractivity contribution in [1.29, 1.82) is 0 Å². The highest BCUT2D eigenvalue weighted by atomic mass is 35.5. The molecule has 26 heavy (non-hydrogen) atoms. The summed E-state index contributed by atoms with van der Waals surface area (Å²) < 4.78 is 1.52. The van der Waals surface area contributed by atoms with E-state index in [1.165, 1.54) is 4.57 Å². The Kier molecular flexibility index (Phi) is 5.08. The molecule has 3 rings (SSSR count). The Morgan fingerprint density at radius 3 is 2.62 bits per heavy atom. The quantitative estimate of drug-likeness (QED) is 0.863. The second-order valence-electron chi connectivity index (χ2n) is 7.62. The van der Waals surface area contributed by atoms with Crippen LogP contribution in [0, 0.1) is 25.2 Å². The summed E-state index contributed by atoms with van der Waals surface area (Å²) in [6, 6.07) is 5.24. The van der Waals surface area contributed by atoms with Gasteiger partial charge in [0.15, 0.2) is 0 Å². The summed E-state index contributed by atoms with van der Waals surface area (Å²) in [4.78, 5) is 20.0. The highest BCUT2D eigenvalue weighted by Gasteiger charge is 2.39. The first-order chi connectivity index (χ1) is 12.2. The molecular formula is C19H24Cl2N4O. The molecule has 7 heteroatoms. The van der Waals surface area contributed by atoms with Gasteiger partial charge in [0.1, 0.15) is 11.6 Å². The zero-order valence-corrected chi connectivity index (χ0v) is 17.0. The summed E-state index contributed by atoms with van der Waals surface area (Å²) >= 11 is 12.4. The third-order valence-corrected chi connectivity index (χ3v) is 6.16. The Morgan fingerprint density at radius 1 is 1.31 bits per heavy atom. The smallest absolute Gasteiger partial charge is 0.263 e. The van der Waals surface area contributed by atoms with Crippen LogP contribution in [0.5, 0.6) is 0 Å². The number of halogens is 2. The summed E-state index contributed by atoms with van der Waals surface area (Å²) in [7, 11) is 0. The summed E-state index contributed by atoms with van der Waals surface area (Å²) in [6.07, 6.45) is 0. The van der Waals surface area contributed by atoms with Gasteiger partial charge >= 0.3 is 0 Å². The minimum absolute atomic E-state index is 0.0852. The van der Waals surface area contributed by atoms with Gasteiger partial charge < -0.3 is 10.6 Å². The van der Waals surface area contributed by atoms with Crippen LogP contribution in [0.15, 0.2) is 23.0 Å². The number of nitrogens with zero attached hydrogens (tertiary/aromatic N) is 3. The van der Waals surface area contributed by atoms with Gasteiger partial charge in [-0.15, -0.1) is 0 Å². The molecule has 1 fully saturated rings. The Balaban J connectivity index is 2.11. The summed E-state index contributed by atoms with van der Waals surface area (Å²) in [5, 5.41) is 0.753. The molecule has 0 bridgehead atoms. The van der Waals surface area contributed by atoms with Gasteiger partial charge in [-0.05, 0) is 43.9 Å². The van der Waals surface area contributed by atoms with Crippen LogP contribution in [-0.4, -0.2) is 29.2 Å². The van der Waals surface area contributed by atoms with E-state index in [0.717, 1.165) is 18.9 Å². The van der Waals surface area contributed by atoms with Gasteiger partial charge in [0.25, 0.3) is 5.56 Å². The van der Waals surface area contributed by atoms with E-state index < -0.39 is 0 Å². The second kappa shape index (κ2) is 6.87. The standard InChI is InChI=1S/C19H24Cl2N4O/c1-11-17(24-9-13(8-22)19(3,4)10-24)23-12(2)25(18(11)26)15-7-5-6-14(20)16(15)21/h5-7,13H,8-10,22H2,1-4H3. The molecule has 0 aliphatic carbocycles. The van der Waals surface area contributed by atoms with Crippen LogP contribution in [0.2, 0.25) is 10.0 Å². The van der Waals surface area contributed by atoms with E-state index in [-0.39, 0.29) is 11.0 Å². The first-order valence-corrected chi connectivity index (χ1v) is 9.42. The number of benzene rings is 1. The molecule has 1 aromatic carbocycles. The molecule has 0 spiro atoms. The first-order valence-electron chi connectivity index (χ1n) is 8.67. The van der Waals surface area contributed by atoms with Crippen molar-refractivity contribution in [3.63, 3.8) is 0 Å². The number of nitrogens with two attached hydrogens (primary N) is 1. The third kappa shape index (κ3) is 3.13. The molecule has 5 nitrogen and oxygen atoms in total. The van der Waals surface area contributed by atoms with Crippen molar-refractivity contribution in [1.82, 2.24) is 9.55 Å². The molecule has 0 saturated carbocycles. The fourth-order valence-electron chi connectivity index (χ4n) is 3.71. The third-order valence-electron chi connectivity index (χ3n) is 5.35. The van der Waals surface area contributed by atoms with Crippen LogP contribution >= 0.6 is 23.2 Å². The summed E-state index contributed by atoms with van der Waals surface area (Å²) in [6.45, 7) is 10.3. The van der Waals surface area contributed by atoms with Crippen molar-refractivity contribution in [2.24, 2.45) is 17.1 Å². The fraction of sp³-hybridized carbons (Fsp3) is 0.474. The number of aromatic nitrogens is 2. The Labute approximate surface area is 163 Å². The number of aryl methyl sites for hydroxylation is 1. The van der Waals surface area contributed by atoms with Crippen molar-refractivity contribution in [2.45, 2.75) is 27.7 Å². The van der Waals surface area contributed by atoms with Crippen molar-refractivity contribution in [3.05, 3.63) is 50.0 Å². The SMILES string of the molecule is Cc1c(N2CC(CN)C(C)(C)C2)nc(C)n(-c2cccc(Cl)c2Cl)c1=O. The molecule has 1 aliphatic heterocycles. The van der Waals surface area contributed by atoms with E-state index >= 15 is 0 Å². The Bertz CT molecular complexity index is 907. The number of rotatable bonds is 3. The largest absolute Gasteiger partial charge is 0.355 e. The van der Waals surface area contributed by atoms with Gasteiger partial charge in [0, 0.05) is 13.1 Å². The average Bonchev–Trinajstić information content (AvgIpc) is 2.89. The van der Waals surface area contributed by atoms with E-state index in [4.69, 9.17) is 33.9 Å². The van der Waals surface area contributed by atoms with Gasteiger partial charge in [-0.1, -0.05) is 43.1 Å². The van der Waals surface area contributed by atoms with E-state index in [9.17, 15) is 4.79 Å². The lowest BCUT2D eigenvalue weighted by Crippen LogP contribution is -2.31. The van der Waals surface area contributed by atoms with Crippen LogP contribution in [0.25, 0.3) is 5.69 Å². The predicted octanol–water partition coefficient (Wildman–Crippen LogP) is 3.58. The maximum atomic E-state index is 13.1. The van der Waals surface area contributed by atoms with Crippen LogP contribution in [0.4, 0.5) is 5.82 Å². The van der Waals surface area contributed by atoms with Gasteiger partial charge in [0.05, 0.1) is 21.3 Å². The van der Waals surface area contributed by atoms with Crippen molar-refractivity contribution >= 4 is 29.0 Å². The zero-order chi connectivity index (χ0) is 19.2. The lowest BCUT2D eigenvalue weighted by molar-refractivity contribution is 0.296. The lowest BCUT2D eigenvalue weighted by Gasteiger charge is -2.24. The highest BCUT2D eigenvalue weighted by Crippen LogP contribution is 2.37. The summed E-state index contributed by atoms with van der Waals surface area (Å²) in [5.74, 6) is 1.67. The van der Waals surface area contributed by atoms with E-state index in [0.29, 0.717) is 39.6 Å². The molecule has 2 aromatic rings. The minimum Gasteiger partial charge on any atom is -0.355 e. The van der Waals surface area contributed by atoms with Crippen molar-refractivity contribution in [2.75, 3.05) is 24.5 Å². The maximum absolute atomic E-state index is 13.1. The normalized spacial score (nSPS) is 19.2. The van der Waals surface area contributed by atoms with Crippen LogP contribution in [0.1, 0.15) is 25.2 Å². The molecule has 1 saturated heterocycles. The van der Waals surface area contributed by atoms with Crippen molar-refractivity contribution in [3.8, 4) is 5.69 Å². The monoisotopic (exact) mass is 394 g/mol. The molecular weight excluding hydrogens is 371 g/mol.